The number of hydrogen-bond donors (Lipinski definition) is 0. The highest BCUT2D eigenvalue weighted by Gasteiger charge is 2.26. The fourth-order valence-corrected chi connectivity index (χ4v) is 3.44. The zero-order valence-corrected chi connectivity index (χ0v) is 16.4. The number of hydrogen-bond acceptors (Lipinski definition) is 5. The van der Waals surface area contributed by atoms with Gasteiger partial charge >= 0.3 is 0 Å². The topological polar surface area (TPSA) is 58.8 Å². The summed E-state index contributed by atoms with van der Waals surface area (Å²) in [5.74, 6) is 0.857. The van der Waals surface area contributed by atoms with Crippen molar-refractivity contribution in [2.24, 2.45) is 0 Å². The van der Waals surface area contributed by atoms with Crippen molar-refractivity contribution < 1.29 is 18.3 Å². The van der Waals surface area contributed by atoms with Gasteiger partial charge in [0.05, 0.1) is 19.3 Å². The van der Waals surface area contributed by atoms with E-state index in [1.807, 2.05) is 42.2 Å². The van der Waals surface area contributed by atoms with Crippen LogP contribution in [0.2, 0.25) is 0 Å². The molecular weight excluding hydrogens is 373 g/mol. The van der Waals surface area contributed by atoms with Crippen LogP contribution in [0.1, 0.15) is 11.5 Å². The summed E-state index contributed by atoms with van der Waals surface area (Å²) in [6.45, 7) is 4.05. The lowest BCUT2D eigenvalue weighted by atomic mass is 10.2. The monoisotopic (exact) mass is 395 g/mol. The van der Waals surface area contributed by atoms with Crippen LogP contribution >= 0.6 is 0 Å². The number of halogens is 1. The molecule has 3 aromatic rings. The number of amides is 1. The van der Waals surface area contributed by atoms with Crippen LogP contribution in [0.3, 0.4) is 0 Å². The lowest BCUT2D eigenvalue weighted by Crippen LogP contribution is -2.50. The SMILES string of the molecule is COc1cc(-c2nc(CN3CCN(c4ccccc4)C(=O)C3)c(C)o2)ccc1F. The molecule has 1 aliphatic heterocycles. The molecule has 150 valence electrons. The van der Waals surface area contributed by atoms with Gasteiger partial charge < -0.3 is 14.1 Å². The molecule has 1 fully saturated rings. The number of benzene rings is 2. The van der Waals surface area contributed by atoms with E-state index in [2.05, 4.69) is 9.88 Å². The third kappa shape index (κ3) is 4.00. The van der Waals surface area contributed by atoms with Crippen molar-refractivity contribution in [1.82, 2.24) is 9.88 Å². The summed E-state index contributed by atoms with van der Waals surface area (Å²) in [5.41, 5.74) is 2.33. The molecule has 1 amide bonds. The van der Waals surface area contributed by atoms with Crippen molar-refractivity contribution >= 4 is 11.6 Å². The van der Waals surface area contributed by atoms with Crippen LogP contribution in [-0.4, -0.2) is 42.5 Å². The second-order valence-electron chi connectivity index (χ2n) is 6.96. The molecule has 0 radical (unpaired) electrons. The van der Waals surface area contributed by atoms with Gasteiger partial charge in [-0.15, -0.1) is 0 Å². The second-order valence-corrected chi connectivity index (χ2v) is 6.96. The first kappa shape index (κ1) is 19.1. The van der Waals surface area contributed by atoms with E-state index in [9.17, 15) is 9.18 Å². The fourth-order valence-electron chi connectivity index (χ4n) is 3.44. The fraction of sp³-hybridized carbons (Fsp3) is 0.273. The molecular formula is C22H22FN3O3. The van der Waals surface area contributed by atoms with Gasteiger partial charge in [-0.3, -0.25) is 9.69 Å². The number of oxazole rings is 1. The van der Waals surface area contributed by atoms with Gasteiger partial charge in [-0.05, 0) is 37.3 Å². The summed E-state index contributed by atoms with van der Waals surface area (Å²) in [6, 6.07) is 14.2. The minimum absolute atomic E-state index is 0.0621. The Morgan fingerprint density at radius 3 is 2.69 bits per heavy atom. The van der Waals surface area contributed by atoms with E-state index in [1.165, 1.54) is 13.2 Å². The van der Waals surface area contributed by atoms with Gasteiger partial charge in [0.1, 0.15) is 5.76 Å². The maximum atomic E-state index is 13.7. The van der Waals surface area contributed by atoms with E-state index in [-0.39, 0.29) is 11.7 Å². The summed E-state index contributed by atoms with van der Waals surface area (Å²) >= 11 is 0. The lowest BCUT2D eigenvalue weighted by Gasteiger charge is -2.34. The number of piperazine rings is 1. The molecule has 0 N–H and O–H groups in total. The number of rotatable bonds is 5. The largest absolute Gasteiger partial charge is 0.494 e. The Hall–Kier alpha value is -3.19. The van der Waals surface area contributed by atoms with Gasteiger partial charge in [0.2, 0.25) is 11.8 Å². The minimum Gasteiger partial charge on any atom is -0.494 e. The average Bonchev–Trinajstić information content (AvgIpc) is 3.09. The first-order valence-electron chi connectivity index (χ1n) is 9.43. The first-order valence-corrected chi connectivity index (χ1v) is 9.43. The van der Waals surface area contributed by atoms with Crippen molar-refractivity contribution in [2.45, 2.75) is 13.5 Å². The zero-order chi connectivity index (χ0) is 20.4. The number of carbonyl (C=O) groups is 1. The van der Waals surface area contributed by atoms with E-state index in [1.54, 1.807) is 12.1 Å². The summed E-state index contributed by atoms with van der Waals surface area (Å²) in [6.07, 6.45) is 0. The number of aryl methyl sites for hydroxylation is 1. The van der Waals surface area contributed by atoms with E-state index >= 15 is 0 Å². The van der Waals surface area contributed by atoms with Crippen LogP contribution in [0.4, 0.5) is 10.1 Å². The predicted octanol–water partition coefficient (Wildman–Crippen LogP) is 3.65. The number of nitrogens with zero attached hydrogens (tertiary/aromatic N) is 3. The van der Waals surface area contributed by atoms with Crippen molar-refractivity contribution in [3.8, 4) is 17.2 Å². The summed E-state index contributed by atoms with van der Waals surface area (Å²) in [5, 5.41) is 0. The van der Waals surface area contributed by atoms with Gasteiger partial charge in [-0.25, -0.2) is 9.37 Å². The van der Waals surface area contributed by atoms with Crippen molar-refractivity contribution in [3.63, 3.8) is 0 Å². The quantitative estimate of drug-likeness (QED) is 0.660. The second kappa shape index (κ2) is 8.05. The Morgan fingerprint density at radius 2 is 1.97 bits per heavy atom. The molecule has 7 heteroatoms. The maximum Gasteiger partial charge on any atom is 0.241 e. The standard InChI is InChI=1S/C22H22FN3O3/c1-15-19(24-22(29-15)16-8-9-18(23)20(12-16)28-2)13-25-10-11-26(21(27)14-25)17-6-4-3-5-7-17/h3-9,12H,10-11,13-14H2,1-2H3. The number of para-hydroxylation sites is 1. The van der Waals surface area contributed by atoms with Crippen LogP contribution in [-0.2, 0) is 11.3 Å². The first-order chi connectivity index (χ1) is 14.0. The molecule has 2 aromatic carbocycles. The number of ether oxygens (including phenoxy) is 1. The van der Waals surface area contributed by atoms with Gasteiger partial charge in [0.25, 0.3) is 0 Å². The number of methoxy groups -OCH3 is 1. The molecule has 1 aromatic heterocycles. The molecule has 0 unspecified atom stereocenters. The Kier molecular flexibility index (Phi) is 5.31. The van der Waals surface area contributed by atoms with Gasteiger partial charge in [-0.2, -0.15) is 0 Å². The maximum absolute atomic E-state index is 13.7. The summed E-state index contributed by atoms with van der Waals surface area (Å²) in [4.78, 5) is 21.0. The van der Waals surface area contributed by atoms with Gasteiger partial charge in [0.15, 0.2) is 11.6 Å². The highest BCUT2D eigenvalue weighted by Crippen LogP contribution is 2.28. The molecule has 0 aliphatic carbocycles. The molecule has 0 spiro atoms. The number of carbonyl (C=O) groups excluding carboxylic acids is 1. The van der Waals surface area contributed by atoms with Crippen molar-refractivity contribution in [1.29, 1.82) is 0 Å². The van der Waals surface area contributed by atoms with Crippen LogP contribution in [0, 0.1) is 12.7 Å². The van der Waals surface area contributed by atoms with Crippen molar-refractivity contribution in [2.75, 3.05) is 31.6 Å². The molecule has 1 saturated heterocycles. The smallest absolute Gasteiger partial charge is 0.241 e. The summed E-state index contributed by atoms with van der Waals surface area (Å²) < 4.78 is 24.5. The molecule has 0 atom stereocenters. The highest BCUT2D eigenvalue weighted by atomic mass is 19.1. The van der Waals surface area contributed by atoms with E-state index < -0.39 is 5.82 Å². The third-order valence-electron chi connectivity index (χ3n) is 5.03. The van der Waals surface area contributed by atoms with Crippen LogP contribution in [0.15, 0.2) is 52.9 Å². The molecule has 6 nitrogen and oxygen atoms in total. The molecule has 29 heavy (non-hydrogen) atoms. The minimum atomic E-state index is -0.436. The zero-order valence-electron chi connectivity index (χ0n) is 16.4. The molecule has 0 bridgehead atoms. The molecule has 0 saturated carbocycles. The number of anilines is 1. The Labute approximate surface area is 168 Å². The van der Waals surface area contributed by atoms with Gasteiger partial charge in [-0.1, -0.05) is 18.2 Å². The Balaban J connectivity index is 1.46. The van der Waals surface area contributed by atoms with Gasteiger partial charge in [0, 0.05) is 30.9 Å². The van der Waals surface area contributed by atoms with Crippen molar-refractivity contribution in [3.05, 3.63) is 65.8 Å². The Morgan fingerprint density at radius 1 is 1.17 bits per heavy atom. The molecule has 1 aliphatic rings. The number of aromatic nitrogens is 1. The van der Waals surface area contributed by atoms with E-state index in [4.69, 9.17) is 9.15 Å². The van der Waals surface area contributed by atoms with Crippen LogP contribution in [0.5, 0.6) is 5.75 Å². The Bertz CT molecular complexity index is 1020. The highest BCUT2D eigenvalue weighted by molar-refractivity contribution is 5.95. The third-order valence-corrected chi connectivity index (χ3v) is 5.03. The summed E-state index contributed by atoms with van der Waals surface area (Å²) in [7, 11) is 1.42. The normalized spacial score (nSPS) is 15.0. The predicted molar refractivity (Wildman–Crippen MR) is 107 cm³/mol. The lowest BCUT2D eigenvalue weighted by molar-refractivity contribution is -0.121. The average molecular weight is 395 g/mol. The van der Waals surface area contributed by atoms with Crippen LogP contribution in [0.25, 0.3) is 11.5 Å². The molecule has 4 rings (SSSR count). The van der Waals surface area contributed by atoms with E-state index in [0.717, 1.165) is 17.9 Å². The van der Waals surface area contributed by atoms with E-state index in [0.29, 0.717) is 36.8 Å². The van der Waals surface area contributed by atoms with Crippen LogP contribution < -0.4 is 9.64 Å². The molecule has 2 heterocycles.